The SMILES string of the molecule is CCOC(=O)C(C)(C)S(=O)(=O)CC1CCCCC1. The molecule has 1 fully saturated rings. The summed E-state index contributed by atoms with van der Waals surface area (Å²) in [6, 6.07) is 0. The summed E-state index contributed by atoms with van der Waals surface area (Å²) >= 11 is 0. The van der Waals surface area contributed by atoms with Gasteiger partial charge in [0.25, 0.3) is 0 Å². The number of hydrogen-bond donors (Lipinski definition) is 0. The van der Waals surface area contributed by atoms with Gasteiger partial charge in [0, 0.05) is 0 Å². The highest BCUT2D eigenvalue weighted by Crippen LogP contribution is 2.29. The Labute approximate surface area is 110 Å². The Morgan fingerprint density at radius 3 is 2.28 bits per heavy atom. The number of sulfone groups is 1. The summed E-state index contributed by atoms with van der Waals surface area (Å²) in [6.45, 7) is 4.79. The molecule has 0 aromatic heterocycles. The molecule has 1 saturated carbocycles. The number of rotatable bonds is 5. The average molecular weight is 276 g/mol. The number of carbonyl (C=O) groups excluding carboxylic acids is 1. The molecule has 1 aliphatic rings. The van der Waals surface area contributed by atoms with Crippen molar-refractivity contribution >= 4 is 15.8 Å². The highest BCUT2D eigenvalue weighted by atomic mass is 32.2. The first-order valence-electron chi connectivity index (χ1n) is 6.70. The van der Waals surface area contributed by atoms with Crippen LogP contribution in [0.25, 0.3) is 0 Å². The minimum absolute atomic E-state index is 0.110. The van der Waals surface area contributed by atoms with Gasteiger partial charge in [0.2, 0.25) is 0 Å². The standard InChI is InChI=1S/C13H24O4S/c1-4-17-12(14)13(2,3)18(15,16)10-11-8-6-5-7-9-11/h11H,4-10H2,1-3H3. The number of ether oxygens (including phenoxy) is 1. The van der Waals surface area contributed by atoms with Gasteiger partial charge in [-0.15, -0.1) is 0 Å². The maximum atomic E-state index is 12.3. The lowest BCUT2D eigenvalue weighted by atomic mass is 9.91. The van der Waals surface area contributed by atoms with Crippen LogP contribution >= 0.6 is 0 Å². The van der Waals surface area contributed by atoms with Crippen LogP contribution in [0.4, 0.5) is 0 Å². The summed E-state index contributed by atoms with van der Waals surface area (Å²) in [5, 5.41) is 0. The molecule has 18 heavy (non-hydrogen) atoms. The van der Waals surface area contributed by atoms with Crippen molar-refractivity contribution in [3.63, 3.8) is 0 Å². The summed E-state index contributed by atoms with van der Waals surface area (Å²) in [5.74, 6) is -0.322. The van der Waals surface area contributed by atoms with Gasteiger partial charge in [-0.1, -0.05) is 19.3 Å². The smallest absolute Gasteiger partial charge is 0.326 e. The van der Waals surface area contributed by atoms with Crippen molar-refractivity contribution in [1.82, 2.24) is 0 Å². The summed E-state index contributed by atoms with van der Waals surface area (Å²) in [5.41, 5.74) is 0. The largest absolute Gasteiger partial charge is 0.465 e. The van der Waals surface area contributed by atoms with Gasteiger partial charge < -0.3 is 4.74 Å². The van der Waals surface area contributed by atoms with Crippen molar-refractivity contribution < 1.29 is 17.9 Å². The quantitative estimate of drug-likeness (QED) is 0.723. The zero-order valence-electron chi connectivity index (χ0n) is 11.6. The Kier molecular flexibility index (Phi) is 5.20. The van der Waals surface area contributed by atoms with Gasteiger partial charge in [0.15, 0.2) is 14.6 Å². The summed E-state index contributed by atoms with van der Waals surface area (Å²) in [7, 11) is -3.46. The number of esters is 1. The summed E-state index contributed by atoms with van der Waals surface area (Å²) in [6.07, 6.45) is 5.30. The lowest BCUT2D eigenvalue weighted by Gasteiger charge is -2.27. The Balaban J connectivity index is 2.74. The summed E-state index contributed by atoms with van der Waals surface area (Å²) in [4.78, 5) is 11.8. The predicted molar refractivity (Wildman–Crippen MR) is 71.1 cm³/mol. The van der Waals surface area contributed by atoms with E-state index in [2.05, 4.69) is 0 Å². The van der Waals surface area contributed by atoms with Crippen molar-refractivity contribution in [1.29, 1.82) is 0 Å². The molecule has 0 atom stereocenters. The van der Waals surface area contributed by atoms with E-state index in [1.165, 1.54) is 20.3 Å². The molecule has 1 rings (SSSR count). The Morgan fingerprint density at radius 1 is 1.22 bits per heavy atom. The van der Waals surface area contributed by atoms with Crippen LogP contribution in [0.15, 0.2) is 0 Å². The van der Waals surface area contributed by atoms with Gasteiger partial charge in [-0.3, -0.25) is 4.79 Å². The van der Waals surface area contributed by atoms with Crippen LogP contribution in [0.5, 0.6) is 0 Å². The normalized spacial score (nSPS) is 18.6. The topological polar surface area (TPSA) is 60.4 Å². The van der Waals surface area contributed by atoms with E-state index in [-0.39, 0.29) is 18.3 Å². The first kappa shape index (κ1) is 15.5. The third kappa shape index (κ3) is 3.46. The zero-order chi connectivity index (χ0) is 13.8. The van der Waals surface area contributed by atoms with Crippen LogP contribution < -0.4 is 0 Å². The van der Waals surface area contributed by atoms with E-state index in [9.17, 15) is 13.2 Å². The van der Waals surface area contributed by atoms with E-state index in [4.69, 9.17) is 4.74 Å². The molecule has 0 radical (unpaired) electrons. The van der Waals surface area contributed by atoms with Crippen LogP contribution in [-0.2, 0) is 19.4 Å². The fraction of sp³-hybridized carbons (Fsp3) is 0.923. The predicted octanol–water partition coefficient (Wildman–Crippen LogP) is 2.32. The molecule has 0 aromatic carbocycles. The number of carbonyl (C=O) groups is 1. The molecule has 4 nitrogen and oxygen atoms in total. The van der Waals surface area contributed by atoms with Crippen LogP contribution in [0, 0.1) is 5.92 Å². The van der Waals surface area contributed by atoms with E-state index >= 15 is 0 Å². The van der Waals surface area contributed by atoms with Crippen LogP contribution in [0.1, 0.15) is 52.9 Å². The third-order valence-corrected chi connectivity index (χ3v) is 6.36. The Bertz CT molecular complexity index is 378. The van der Waals surface area contributed by atoms with E-state index in [1.54, 1.807) is 6.92 Å². The summed E-state index contributed by atoms with van der Waals surface area (Å²) < 4.78 is 28.1. The molecular formula is C13H24O4S. The molecule has 106 valence electrons. The van der Waals surface area contributed by atoms with Crippen LogP contribution in [0.2, 0.25) is 0 Å². The first-order chi connectivity index (χ1) is 8.31. The molecule has 0 unspecified atom stereocenters. The van der Waals surface area contributed by atoms with Gasteiger partial charge in [-0.05, 0) is 39.5 Å². The Morgan fingerprint density at radius 2 is 1.78 bits per heavy atom. The Hall–Kier alpha value is -0.580. The lowest BCUT2D eigenvalue weighted by Crippen LogP contribution is -2.44. The maximum Gasteiger partial charge on any atom is 0.326 e. The van der Waals surface area contributed by atoms with E-state index < -0.39 is 20.6 Å². The second-order valence-corrected chi connectivity index (χ2v) is 8.10. The van der Waals surface area contributed by atoms with Crippen LogP contribution in [0.3, 0.4) is 0 Å². The monoisotopic (exact) mass is 276 g/mol. The molecule has 0 aliphatic heterocycles. The van der Waals surface area contributed by atoms with Crippen molar-refractivity contribution in [2.24, 2.45) is 5.92 Å². The van der Waals surface area contributed by atoms with Crippen molar-refractivity contribution in [3.05, 3.63) is 0 Å². The number of hydrogen-bond acceptors (Lipinski definition) is 4. The molecule has 0 bridgehead atoms. The van der Waals surface area contributed by atoms with Gasteiger partial charge in [-0.25, -0.2) is 8.42 Å². The van der Waals surface area contributed by atoms with Gasteiger partial charge >= 0.3 is 5.97 Å². The van der Waals surface area contributed by atoms with E-state index in [1.807, 2.05) is 0 Å². The fourth-order valence-electron chi connectivity index (χ4n) is 2.30. The third-order valence-electron chi connectivity index (χ3n) is 3.72. The minimum atomic E-state index is -3.46. The molecule has 0 N–H and O–H groups in total. The highest BCUT2D eigenvalue weighted by Gasteiger charge is 2.43. The fourth-order valence-corrected chi connectivity index (χ4v) is 3.99. The van der Waals surface area contributed by atoms with Gasteiger partial charge in [0.1, 0.15) is 0 Å². The second-order valence-electron chi connectivity index (χ2n) is 5.52. The molecule has 0 aromatic rings. The van der Waals surface area contributed by atoms with Crippen molar-refractivity contribution in [3.8, 4) is 0 Å². The van der Waals surface area contributed by atoms with Gasteiger partial charge in [0.05, 0.1) is 12.4 Å². The zero-order valence-corrected chi connectivity index (χ0v) is 12.4. The van der Waals surface area contributed by atoms with E-state index in [0.717, 1.165) is 25.7 Å². The molecule has 0 spiro atoms. The van der Waals surface area contributed by atoms with E-state index in [0.29, 0.717) is 0 Å². The van der Waals surface area contributed by atoms with Crippen LogP contribution in [-0.4, -0.2) is 31.5 Å². The average Bonchev–Trinajstić information content (AvgIpc) is 2.29. The second kappa shape index (κ2) is 6.04. The lowest BCUT2D eigenvalue weighted by molar-refractivity contribution is -0.145. The highest BCUT2D eigenvalue weighted by molar-refractivity contribution is 7.93. The maximum absolute atomic E-state index is 12.3. The minimum Gasteiger partial charge on any atom is -0.465 e. The van der Waals surface area contributed by atoms with Crippen molar-refractivity contribution in [2.75, 3.05) is 12.4 Å². The molecule has 0 heterocycles. The molecule has 1 aliphatic carbocycles. The molecule has 5 heteroatoms. The van der Waals surface area contributed by atoms with Crippen molar-refractivity contribution in [2.45, 2.75) is 57.6 Å². The molecule has 0 saturated heterocycles. The molecule has 0 amide bonds. The van der Waals surface area contributed by atoms with Gasteiger partial charge in [-0.2, -0.15) is 0 Å². The first-order valence-corrected chi connectivity index (χ1v) is 8.36. The molecular weight excluding hydrogens is 252 g/mol.